The van der Waals surface area contributed by atoms with Crippen molar-refractivity contribution in [3.63, 3.8) is 0 Å². The highest BCUT2D eigenvalue weighted by Crippen LogP contribution is 2.32. The minimum atomic E-state index is -0.821. The minimum absolute atomic E-state index is 0.113. The second-order valence-corrected chi connectivity index (χ2v) is 6.14. The van der Waals surface area contributed by atoms with E-state index in [1.54, 1.807) is 18.5 Å². The molecule has 0 bridgehead atoms. The number of unbranched alkanes of at least 4 members (excludes halogenated alkanes) is 1. The van der Waals surface area contributed by atoms with E-state index in [-0.39, 0.29) is 12.3 Å². The van der Waals surface area contributed by atoms with Crippen molar-refractivity contribution >= 4 is 46.3 Å². The third-order valence-corrected chi connectivity index (χ3v) is 4.28. The molecule has 0 aromatic carbocycles. The van der Waals surface area contributed by atoms with E-state index < -0.39 is 5.97 Å². The van der Waals surface area contributed by atoms with E-state index in [1.807, 2.05) is 12.1 Å². The van der Waals surface area contributed by atoms with Crippen molar-refractivity contribution in [3.05, 3.63) is 35.0 Å². The number of amides is 1. The van der Waals surface area contributed by atoms with E-state index >= 15 is 0 Å². The van der Waals surface area contributed by atoms with Gasteiger partial charge in [0, 0.05) is 25.4 Å². The van der Waals surface area contributed by atoms with Gasteiger partial charge in [-0.1, -0.05) is 24.0 Å². The molecule has 0 spiro atoms. The summed E-state index contributed by atoms with van der Waals surface area (Å²) in [5.74, 6) is -0.935. The molecule has 5 nitrogen and oxygen atoms in total. The number of aromatic nitrogens is 1. The summed E-state index contributed by atoms with van der Waals surface area (Å²) in [4.78, 5) is 28.8. The lowest BCUT2D eigenvalue weighted by Gasteiger charge is -2.13. The van der Waals surface area contributed by atoms with Gasteiger partial charge in [-0.25, -0.2) is 0 Å². The van der Waals surface area contributed by atoms with E-state index in [1.165, 1.54) is 16.7 Å². The van der Waals surface area contributed by atoms with Gasteiger partial charge < -0.3 is 5.11 Å². The molecule has 0 saturated carbocycles. The fourth-order valence-electron chi connectivity index (χ4n) is 1.85. The van der Waals surface area contributed by atoms with Crippen LogP contribution in [0.4, 0.5) is 0 Å². The zero-order valence-electron chi connectivity index (χ0n) is 11.2. The lowest BCUT2D eigenvalue weighted by molar-refractivity contribution is -0.137. The third kappa shape index (κ3) is 4.37. The summed E-state index contributed by atoms with van der Waals surface area (Å²) >= 11 is 6.48. The molecule has 110 valence electrons. The number of nitrogens with zero attached hydrogens (tertiary/aromatic N) is 2. The summed E-state index contributed by atoms with van der Waals surface area (Å²) < 4.78 is 0.524. The van der Waals surface area contributed by atoms with Gasteiger partial charge in [-0.15, -0.1) is 0 Å². The monoisotopic (exact) mass is 322 g/mol. The third-order valence-electron chi connectivity index (χ3n) is 2.90. The molecule has 0 atom stereocenters. The molecule has 2 rings (SSSR count). The smallest absolute Gasteiger partial charge is 0.303 e. The zero-order valence-corrected chi connectivity index (χ0v) is 12.8. The molecule has 7 heteroatoms. The summed E-state index contributed by atoms with van der Waals surface area (Å²) in [6, 6.07) is 3.64. The molecule has 0 aliphatic carbocycles. The first-order chi connectivity index (χ1) is 10.1. The summed E-state index contributed by atoms with van der Waals surface area (Å²) in [5, 5.41) is 8.59. The van der Waals surface area contributed by atoms with E-state index in [0.717, 1.165) is 5.56 Å². The Balaban J connectivity index is 1.97. The number of pyridine rings is 1. The zero-order chi connectivity index (χ0) is 15.2. The van der Waals surface area contributed by atoms with Gasteiger partial charge >= 0.3 is 5.97 Å². The van der Waals surface area contributed by atoms with Crippen LogP contribution in [-0.4, -0.2) is 37.7 Å². The van der Waals surface area contributed by atoms with Gasteiger partial charge in [0.15, 0.2) is 0 Å². The molecule has 1 aliphatic heterocycles. The molecule has 1 aromatic heterocycles. The van der Waals surface area contributed by atoms with Gasteiger partial charge in [0.25, 0.3) is 5.91 Å². The van der Waals surface area contributed by atoms with Crippen molar-refractivity contribution in [2.45, 2.75) is 19.3 Å². The van der Waals surface area contributed by atoms with Crippen molar-refractivity contribution in [3.8, 4) is 0 Å². The standard InChI is InChI=1S/C14H14N2O3S2/c17-12(18)3-1-2-8-16-13(19)11(21-14(16)20)9-10-4-6-15-7-5-10/h4-7,9H,1-3,8H2,(H,17,18)/b11-9+. The van der Waals surface area contributed by atoms with Gasteiger partial charge in [-0.2, -0.15) is 0 Å². The molecule has 21 heavy (non-hydrogen) atoms. The van der Waals surface area contributed by atoms with Crippen LogP contribution in [0.2, 0.25) is 0 Å². The molecule has 1 N–H and O–H groups in total. The van der Waals surface area contributed by atoms with E-state index in [4.69, 9.17) is 17.3 Å². The number of carbonyl (C=O) groups excluding carboxylic acids is 1. The highest BCUT2D eigenvalue weighted by Gasteiger charge is 2.31. The predicted octanol–water partition coefficient (Wildman–Crippen LogP) is 2.54. The fraction of sp³-hybridized carbons (Fsp3) is 0.286. The van der Waals surface area contributed by atoms with Crippen LogP contribution < -0.4 is 0 Å². The average molecular weight is 322 g/mol. The summed E-state index contributed by atoms with van der Waals surface area (Å²) in [6.07, 6.45) is 6.40. The van der Waals surface area contributed by atoms with Crippen LogP contribution in [0.1, 0.15) is 24.8 Å². The fourth-order valence-corrected chi connectivity index (χ4v) is 3.16. The second kappa shape index (κ2) is 7.33. The number of carboxylic acids is 1. The highest BCUT2D eigenvalue weighted by atomic mass is 32.2. The Bertz CT molecular complexity index is 587. The molecule has 1 aliphatic rings. The molecule has 1 amide bonds. The van der Waals surface area contributed by atoms with Crippen LogP contribution in [0.15, 0.2) is 29.4 Å². The molecule has 0 radical (unpaired) electrons. The van der Waals surface area contributed by atoms with Gasteiger partial charge in [0.05, 0.1) is 4.91 Å². The molecular weight excluding hydrogens is 308 g/mol. The van der Waals surface area contributed by atoms with Crippen molar-refractivity contribution in [1.82, 2.24) is 9.88 Å². The number of hydrogen-bond donors (Lipinski definition) is 1. The maximum absolute atomic E-state index is 12.3. The van der Waals surface area contributed by atoms with Crippen molar-refractivity contribution in [1.29, 1.82) is 0 Å². The van der Waals surface area contributed by atoms with Crippen LogP contribution in [0.5, 0.6) is 0 Å². The van der Waals surface area contributed by atoms with Crippen molar-refractivity contribution in [2.24, 2.45) is 0 Å². The number of rotatable bonds is 6. The Morgan fingerprint density at radius 2 is 2.10 bits per heavy atom. The summed E-state index contributed by atoms with van der Waals surface area (Å²) in [6.45, 7) is 0.464. The first-order valence-corrected chi connectivity index (χ1v) is 7.67. The van der Waals surface area contributed by atoms with E-state index in [9.17, 15) is 9.59 Å². The summed E-state index contributed by atoms with van der Waals surface area (Å²) in [5.41, 5.74) is 0.899. The molecule has 1 saturated heterocycles. The van der Waals surface area contributed by atoms with Gasteiger partial charge in [0.1, 0.15) is 4.32 Å². The Morgan fingerprint density at radius 1 is 1.38 bits per heavy atom. The van der Waals surface area contributed by atoms with Crippen molar-refractivity contribution < 1.29 is 14.7 Å². The number of carbonyl (C=O) groups is 2. The first-order valence-electron chi connectivity index (χ1n) is 6.45. The second-order valence-electron chi connectivity index (χ2n) is 4.46. The maximum atomic E-state index is 12.3. The Morgan fingerprint density at radius 3 is 2.76 bits per heavy atom. The van der Waals surface area contributed by atoms with Crippen LogP contribution >= 0.6 is 24.0 Å². The van der Waals surface area contributed by atoms with Crippen LogP contribution in [-0.2, 0) is 9.59 Å². The molecular formula is C14H14N2O3S2. The normalized spacial score (nSPS) is 16.8. The Kier molecular flexibility index (Phi) is 5.46. The lowest BCUT2D eigenvalue weighted by Crippen LogP contribution is -2.29. The Labute approximate surface area is 132 Å². The molecule has 0 unspecified atom stereocenters. The maximum Gasteiger partial charge on any atom is 0.303 e. The van der Waals surface area contributed by atoms with Crippen LogP contribution in [0.3, 0.4) is 0 Å². The quantitative estimate of drug-likeness (QED) is 0.493. The average Bonchev–Trinajstić information content (AvgIpc) is 2.71. The van der Waals surface area contributed by atoms with Gasteiger partial charge in [0.2, 0.25) is 0 Å². The van der Waals surface area contributed by atoms with Crippen LogP contribution in [0.25, 0.3) is 6.08 Å². The SMILES string of the molecule is O=C(O)CCCCN1C(=O)/C(=C\c2ccncc2)SC1=S. The minimum Gasteiger partial charge on any atom is -0.481 e. The van der Waals surface area contributed by atoms with Gasteiger partial charge in [-0.05, 0) is 36.6 Å². The number of thioether (sulfide) groups is 1. The van der Waals surface area contributed by atoms with Crippen molar-refractivity contribution in [2.75, 3.05) is 6.54 Å². The topological polar surface area (TPSA) is 70.5 Å². The van der Waals surface area contributed by atoms with E-state index in [2.05, 4.69) is 4.98 Å². The van der Waals surface area contributed by atoms with E-state index in [0.29, 0.717) is 28.6 Å². The number of thiocarbonyl (C=S) groups is 1. The molecule has 2 heterocycles. The number of aliphatic carboxylic acids is 1. The Hall–Kier alpha value is -1.73. The summed E-state index contributed by atoms with van der Waals surface area (Å²) in [7, 11) is 0. The predicted molar refractivity (Wildman–Crippen MR) is 85.6 cm³/mol. The largest absolute Gasteiger partial charge is 0.481 e. The number of hydrogen-bond acceptors (Lipinski definition) is 5. The van der Waals surface area contributed by atoms with Gasteiger partial charge in [-0.3, -0.25) is 19.5 Å². The molecule has 1 fully saturated rings. The number of carboxylic acid groups (broad SMARTS) is 1. The molecule has 1 aromatic rings. The van der Waals surface area contributed by atoms with Crippen LogP contribution in [0, 0.1) is 0 Å². The highest BCUT2D eigenvalue weighted by molar-refractivity contribution is 8.26. The first kappa shape index (κ1) is 15.7. The lowest BCUT2D eigenvalue weighted by atomic mass is 10.2.